The van der Waals surface area contributed by atoms with E-state index in [-0.39, 0.29) is 11.8 Å². The van der Waals surface area contributed by atoms with E-state index in [0.29, 0.717) is 5.88 Å². The van der Waals surface area contributed by atoms with E-state index in [2.05, 4.69) is 6.07 Å². The lowest BCUT2D eigenvalue weighted by Gasteiger charge is -2.25. The predicted octanol–water partition coefficient (Wildman–Crippen LogP) is 3.23. The fraction of sp³-hybridized carbons (Fsp3) is 0.500. The van der Waals surface area contributed by atoms with Gasteiger partial charge in [0.1, 0.15) is 0 Å². The van der Waals surface area contributed by atoms with Crippen LogP contribution in [-0.2, 0) is 11.2 Å². The highest BCUT2D eigenvalue weighted by molar-refractivity contribution is 6.19. The summed E-state index contributed by atoms with van der Waals surface area (Å²) in [7, 11) is 0. The highest BCUT2D eigenvalue weighted by Gasteiger charge is 2.24. The second kappa shape index (κ2) is 5.54. The molecule has 0 fully saturated rings. The summed E-state index contributed by atoms with van der Waals surface area (Å²) in [5.41, 5.74) is 2.35. The molecule has 0 saturated carbocycles. The molecule has 1 aromatic carbocycles. The van der Waals surface area contributed by atoms with Crippen LogP contribution >= 0.6 is 11.6 Å². The maximum absolute atomic E-state index is 12.3. The number of amides is 1. The van der Waals surface area contributed by atoms with Crippen molar-refractivity contribution in [2.75, 3.05) is 17.3 Å². The van der Waals surface area contributed by atoms with Crippen molar-refractivity contribution in [3.8, 4) is 0 Å². The SMILES string of the molecule is CC(CCl)C(=O)N1CCCCc2ccccc21. The summed E-state index contributed by atoms with van der Waals surface area (Å²) >= 11 is 5.79. The fourth-order valence-corrected chi connectivity index (χ4v) is 2.38. The molecule has 1 heterocycles. The van der Waals surface area contributed by atoms with Crippen molar-refractivity contribution in [1.82, 2.24) is 0 Å². The molecular weight excluding hydrogens is 234 g/mol. The first-order valence-electron chi connectivity index (χ1n) is 6.19. The molecule has 17 heavy (non-hydrogen) atoms. The number of alkyl halides is 1. The molecule has 2 nitrogen and oxygen atoms in total. The molecule has 0 saturated heterocycles. The van der Waals surface area contributed by atoms with Crippen LogP contribution in [0.1, 0.15) is 25.3 Å². The number of halogens is 1. The van der Waals surface area contributed by atoms with Gasteiger partial charge in [0.25, 0.3) is 0 Å². The van der Waals surface area contributed by atoms with Crippen molar-refractivity contribution in [3.05, 3.63) is 29.8 Å². The highest BCUT2D eigenvalue weighted by Crippen LogP contribution is 2.27. The number of nitrogens with zero attached hydrogens (tertiary/aromatic N) is 1. The van der Waals surface area contributed by atoms with Crippen molar-refractivity contribution in [2.45, 2.75) is 26.2 Å². The Balaban J connectivity index is 2.31. The van der Waals surface area contributed by atoms with Gasteiger partial charge in [-0.3, -0.25) is 4.79 Å². The van der Waals surface area contributed by atoms with E-state index in [1.54, 1.807) is 0 Å². The lowest BCUT2D eigenvalue weighted by Crippen LogP contribution is -2.36. The monoisotopic (exact) mass is 251 g/mol. The second-order valence-electron chi connectivity index (χ2n) is 4.63. The standard InChI is InChI=1S/C14H18ClNO/c1-11(10-15)14(17)16-9-5-4-7-12-6-2-3-8-13(12)16/h2-3,6,8,11H,4-5,7,9-10H2,1H3. The molecule has 92 valence electrons. The molecule has 0 aromatic heterocycles. The normalized spacial score (nSPS) is 17.2. The third kappa shape index (κ3) is 2.63. The van der Waals surface area contributed by atoms with E-state index in [0.717, 1.165) is 31.5 Å². The van der Waals surface area contributed by atoms with E-state index in [9.17, 15) is 4.79 Å². The number of para-hydroxylation sites is 1. The molecule has 1 aliphatic heterocycles. The molecule has 0 aliphatic carbocycles. The molecule has 1 aliphatic rings. The summed E-state index contributed by atoms with van der Waals surface area (Å²) < 4.78 is 0. The highest BCUT2D eigenvalue weighted by atomic mass is 35.5. The molecule has 0 bridgehead atoms. The van der Waals surface area contributed by atoms with Gasteiger partial charge in [-0.1, -0.05) is 25.1 Å². The first-order valence-corrected chi connectivity index (χ1v) is 6.72. The quantitative estimate of drug-likeness (QED) is 0.739. The van der Waals surface area contributed by atoms with E-state index in [4.69, 9.17) is 11.6 Å². The van der Waals surface area contributed by atoms with Crippen molar-refractivity contribution >= 4 is 23.2 Å². The van der Waals surface area contributed by atoms with Crippen LogP contribution in [0.25, 0.3) is 0 Å². The van der Waals surface area contributed by atoms with Gasteiger partial charge < -0.3 is 4.90 Å². The predicted molar refractivity (Wildman–Crippen MR) is 71.6 cm³/mol. The van der Waals surface area contributed by atoms with Gasteiger partial charge in [0.2, 0.25) is 5.91 Å². The Labute approximate surface area is 108 Å². The molecule has 1 aromatic rings. The summed E-state index contributed by atoms with van der Waals surface area (Å²) in [6.45, 7) is 2.71. The van der Waals surface area contributed by atoms with Gasteiger partial charge in [-0.2, -0.15) is 0 Å². The average molecular weight is 252 g/mol. The van der Waals surface area contributed by atoms with E-state index in [1.807, 2.05) is 30.0 Å². The number of benzene rings is 1. The van der Waals surface area contributed by atoms with Crippen LogP contribution in [0.5, 0.6) is 0 Å². The van der Waals surface area contributed by atoms with Crippen LogP contribution in [0, 0.1) is 5.92 Å². The summed E-state index contributed by atoms with van der Waals surface area (Å²) in [4.78, 5) is 14.2. The van der Waals surface area contributed by atoms with Gasteiger partial charge in [-0.15, -0.1) is 11.6 Å². The number of carbonyl (C=O) groups is 1. The average Bonchev–Trinajstić information content (AvgIpc) is 2.59. The van der Waals surface area contributed by atoms with Crippen molar-refractivity contribution < 1.29 is 4.79 Å². The first kappa shape index (κ1) is 12.4. The van der Waals surface area contributed by atoms with Gasteiger partial charge in [-0.05, 0) is 30.9 Å². The van der Waals surface area contributed by atoms with Gasteiger partial charge in [-0.25, -0.2) is 0 Å². The minimum absolute atomic E-state index is 0.108. The van der Waals surface area contributed by atoms with Crippen molar-refractivity contribution in [3.63, 3.8) is 0 Å². The van der Waals surface area contributed by atoms with Crippen LogP contribution < -0.4 is 4.90 Å². The third-order valence-corrected chi connectivity index (χ3v) is 3.74. The van der Waals surface area contributed by atoms with Crippen molar-refractivity contribution in [1.29, 1.82) is 0 Å². The lowest BCUT2D eigenvalue weighted by atomic mass is 10.1. The van der Waals surface area contributed by atoms with Gasteiger partial charge >= 0.3 is 0 Å². The summed E-state index contributed by atoms with van der Waals surface area (Å²) in [5, 5.41) is 0. The number of hydrogen-bond donors (Lipinski definition) is 0. The zero-order valence-electron chi connectivity index (χ0n) is 10.2. The summed E-state index contributed by atoms with van der Waals surface area (Å²) in [6.07, 6.45) is 3.28. The maximum Gasteiger partial charge on any atom is 0.231 e. The maximum atomic E-state index is 12.3. The van der Waals surface area contributed by atoms with Crippen LogP contribution in [0.2, 0.25) is 0 Å². The molecular formula is C14H18ClNO. The Morgan fingerprint density at radius 3 is 2.94 bits per heavy atom. The molecule has 1 atom stereocenters. The molecule has 2 rings (SSSR count). The lowest BCUT2D eigenvalue weighted by molar-refractivity contribution is -0.121. The Morgan fingerprint density at radius 1 is 1.41 bits per heavy atom. The zero-order valence-corrected chi connectivity index (χ0v) is 10.9. The Bertz CT molecular complexity index is 405. The Morgan fingerprint density at radius 2 is 2.18 bits per heavy atom. The first-order chi connectivity index (χ1) is 8.24. The largest absolute Gasteiger partial charge is 0.312 e. The van der Waals surface area contributed by atoms with Crippen LogP contribution in [-0.4, -0.2) is 18.3 Å². The zero-order chi connectivity index (χ0) is 12.3. The van der Waals surface area contributed by atoms with Gasteiger partial charge in [0, 0.05) is 24.0 Å². The van der Waals surface area contributed by atoms with Crippen LogP contribution in [0.15, 0.2) is 24.3 Å². The third-order valence-electron chi connectivity index (χ3n) is 3.28. The Kier molecular flexibility index (Phi) is 4.06. The molecule has 1 amide bonds. The molecule has 0 spiro atoms. The fourth-order valence-electron chi connectivity index (χ4n) is 2.25. The molecule has 1 unspecified atom stereocenters. The van der Waals surface area contributed by atoms with Gasteiger partial charge in [0.05, 0.1) is 0 Å². The van der Waals surface area contributed by atoms with Crippen LogP contribution in [0.3, 0.4) is 0 Å². The van der Waals surface area contributed by atoms with E-state index < -0.39 is 0 Å². The molecule has 3 heteroatoms. The summed E-state index contributed by atoms with van der Waals surface area (Å²) in [6, 6.07) is 8.19. The number of hydrogen-bond acceptors (Lipinski definition) is 1. The van der Waals surface area contributed by atoms with Crippen LogP contribution in [0.4, 0.5) is 5.69 Å². The second-order valence-corrected chi connectivity index (χ2v) is 4.94. The van der Waals surface area contributed by atoms with Gasteiger partial charge in [0.15, 0.2) is 0 Å². The number of rotatable bonds is 2. The summed E-state index contributed by atoms with van der Waals surface area (Å²) in [5.74, 6) is 0.425. The Hall–Kier alpha value is -1.02. The smallest absolute Gasteiger partial charge is 0.231 e. The molecule has 0 radical (unpaired) electrons. The topological polar surface area (TPSA) is 20.3 Å². The molecule has 0 N–H and O–H groups in total. The number of anilines is 1. The number of fused-ring (bicyclic) bond motifs is 1. The van der Waals surface area contributed by atoms with Crippen molar-refractivity contribution in [2.24, 2.45) is 5.92 Å². The van der Waals surface area contributed by atoms with E-state index >= 15 is 0 Å². The minimum Gasteiger partial charge on any atom is -0.312 e. The number of aryl methyl sites for hydroxylation is 1. The van der Waals surface area contributed by atoms with E-state index in [1.165, 1.54) is 5.56 Å². The minimum atomic E-state index is -0.108. The number of carbonyl (C=O) groups excluding carboxylic acids is 1.